The van der Waals surface area contributed by atoms with Gasteiger partial charge in [0.1, 0.15) is 22.1 Å². The largest absolute Gasteiger partial charge is 0.384 e. The number of nitrogens with one attached hydrogen (secondary N) is 1. The number of aromatic amines is 1. The van der Waals surface area contributed by atoms with Gasteiger partial charge >= 0.3 is 0 Å². The number of pyridine rings is 1. The highest BCUT2D eigenvalue weighted by atomic mass is 32.2. The highest BCUT2D eigenvalue weighted by Gasteiger charge is 2.46. The van der Waals surface area contributed by atoms with Crippen LogP contribution < -0.4 is 5.73 Å². The molecule has 3 atom stereocenters. The molecular weight excluding hydrogens is 550 g/mol. The molecule has 1 unspecified atom stereocenters. The van der Waals surface area contributed by atoms with Crippen molar-refractivity contribution in [3.05, 3.63) is 84.1 Å². The Bertz CT molecular complexity index is 1920. The van der Waals surface area contributed by atoms with E-state index in [0.29, 0.717) is 29.9 Å². The Morgan fingerprint density at radius 2 is 1.76 bits per heavy atom. The van der Waals surface area contributed by atoms with Gasteiger partial charge in [-0.05, 0) is 50.8 Å². The third-order valence-corrected chi connectivity index (χ3v) is 9.76. The first kappa shape index (κ1) is 26.4. The van der Waals surface area contributed by atoms with Crippen molar-refractivity contribution in [3.63, 3.8) is 0 Å². The number of anilines is 1. The van der Waals surface area contributed by atoms with Crippen molar-refractivity contribution >= 4 is 27.2 Å². The number of carbonyl (C=O) groups is 1. The number of nitrogens with two attached hydrogens (primary N) is 1. The number of amides is 1. The minimum absolute atomic E-state index is 0.0223. The number of fused-ring (bicyclic) bond motifs is 3. The number of benzene rings is 1. The summed E-state index contributed by atoms with van der Waals surface area (Å²) in [4.78, 5) is 25.1. The van der Waals surface area contributed by atoms with Crippen LogP contribution in [0.2, 0.25) is 0 Å². The van der Waals surface area contributed by atoms with Crippen LogP contribution in [-0.4, -0.2) is 62.1 Å². The van der Waals surface area contributed by atoms with E-state index in [4.69, 9.17) is 10.7 Å². The van der Waals surface area contributed by atoms with E-state index in [1.807, 2.05) is 60.4 Å². The van der Waals surface area contributed by atoms with E-state index >= 15 is 0 Å². The fraction of sp³-hybridized carbons (Fsp3) is 0.290. The Morgan fingerprint density at radius 3 is 2.38 bits per heavy atom. The molecule has 2 saturated heterocycles. The molecule has 42 heavy (non-hydrogen) atoms. The first-order chi connectivity index (χ1) is 20.2. The number of hydrogen-bond donors (Lipinski definition) is 2. The number of aromatic nitrogens is 5. The normalized spacial score (nSPS) is 20.3. The van der Waals surface area contributed by atoms with E-state index in [1.165, 1.54) is 6.26 Å². The van der Waals surface area contributed by atoms with Gasteiger partial charge < -0.3 is 10.6 Å². The molecule has 3 N–H and O–H groups in total. The van der Waals surface area contributed by atoms with Gasteiger partial charge in [-0.1, -0.05) is 36.4 Å². The zero-order chi connectivity index (χ0) is 29.2. The summed E-state index contributed by atoms with van der Waals surface area (Å²) in [6.07, 6.45) is 7.68. The molecular formula is C31H31N7O3S. The Balaban J connectivity index is 1.27. The molecule has 10 nitrogen and oxygen atoms in total. The molecule has 2 aliphatic rings. The van der Waals surface area contributed by atoms with E-state index in [9.17, 15) is 13.2 Å². The standard InChI is InChI=1S/C31H31N7O3S/c1-18-14-26(36-35-18)31(39)38-22-9-10-23(38)16-21(15-22)27-28(42(2,40)41)29(32)37-13-12-24(30(37)34-27)20-8-11-25(33-17-20)19-6-4-3-5-7-19/h3-8,11-14,17,21-23H,9-10,15-16,32H2,1-2H3,(H,35,36)/t21?,22-,23+. The van der Waals surface area contributed by atoms with Crippen molar-refractivity contribution in [2.24, 2.45) is 0 Å². The summed E-state index contributed by atoms with van der Waals surface area (Å²) >= 11 is 0. The van der Waals surface area contributed by atoms with Crippen LogP contribution in [0.1, 0.15) is 53.5 Å². The number of nitrogens with zero attached hydrogens (tertiary/aromatic N) is 5. The van der Waals surface area contributed by atoms with Crippen LogP contribution in [0.4, 0.5) is 5.82 Å². The predicted molar refractivity (Wildman–Crippen MR) is 160 cm³/mol. The quantitative estimate of drug-likeness (QED) is 0.308. The Morgan fingerprint density at radius 1 is 1.02 bits per heavy atom. The minimum atomic E-state index is -3.70. The minimum Gasteiger partial charge on any atom is -0.384 e. The van der Waals surface area contributed by atoms with Crippen molar-refractivity contribution in [2.45, 2.75) is 55.5 Å². The molecule has 0 aliphatic carbocycles. The lowest BCUT2D eigenvalue weighted by atomic mass is 9.87. The third-order valence-electron chi connectivity index (χ3n) is 8.60. The molecule has 4 aromatic heterocycles. The Labute approximate surface area is 243 Å². The predicted octanol–water partition coefficient (Wildman–Crippen LogP) is 4.63. The molecule has 0 spiro atoms. The van der Waals surface area contributed by atoms with Crippen molar-refractivity contribution in [1.29, 1.82) is 0 Å². The molecule has 11 heteroatoms. The summed E-state index contributed by atoms with van der Waals surface area (Å²) in [5.41, 5.74) is 12.5. The van der Waals surface area contributed by atoms with Gasteiger partial charge in [0.25, 0.3) is 5.91 Å². The molecule has 7 rings (SSSR count). The van der Waals surface area contributed by atoms with Crippen LogP contribution in [0.25, 0.3) is 28.0 Å². The second-order valence-electron chi connectivity index (χ2n) is 11.4. The van der Waals surface area contributed by atoms with Gasteiger partial charge in [-0.3, -0.25) is 19.3 Å². The highest BCUT2D eigenvalue weighted by molar-refractivity contribution is 7.91. The second-order valence-corrected chi connectivity index (χ2v) is 13.4. The number of aryl methyl sites for hydroxylation is 1. The summed E-state index contributed by atoms with van der Waals surface area (Å²) in [6, 6.07) is 17.5. The van der Waals surface area contributed by atoms with E-state index in [0.717, 1.165) is 40.9 Å². The molecule has 6 heterocycles. The van der Waals surface area contributed by atoms with Gasteiger partial charge in [0.05, 0.1) is 11.4 Å². The number of hydrogen-bond acceptors (Lipinski definition) is 7. The van der Waals surface area contributed by atoms with Crippen LogP contribution >= 0.6 is 0 Å². The number of carbonyl (C=O) groups excluding carboxylic acids is 1. The zero-order valence-corrected chi connectivity index (χ0v) is 24.2. The molecule has 2 aliphatic heterocycles. The number of H-pyrrole nitrogens is 1. The highest BCUT2D eigenvalue weighted by Crippen LogP contribution is 2.46. The zero-order valence-electron chi connectivity index (χ0n) is 23.4. The topological polar surface area (TPSA) is 139 Å². The Kier molecular flexibility index (Phi) is 6.16. The maximum atomic E-state index is 13.4. The van der Waals surface area contributed by atoms with Crippen LogP contribution in [0.3, 0.4) is 0 Å². The molecule has 2 bridgehead atoms. The first-order valence-electron chi connectivity index (χ1n) is 14.1. The van der Waals surface area contributed by atoms with Gasteiger partial charge in [0.2, 0.25) is 0 Å². The van der Waals surface area contributed by atoms with Crippen LogP contribution in [0.5, 0.6) is 0 Å². The summed E-state index contributed by atoms with van der Waals surface area (Å²) in [5, 5.41) is 7.03. The van der Waals surface area contributed by atoms with Crippen molar-refractivity contribution in [1.82, 2.24) is 29.5 Å². The molecule has 1 aromatic carbocycles. The van der Waals surface area contributed by atoms with Gasteiger partial charge in [0.15, 0.2) is 9.84 Å². The molecule has 214 valence electrons. The number of sulfone groups is 1. The van der Waals surface area contributed by atoms with Gasteiger partial charge in [-0.2, -0.15) is 5.10 Å². The van der Waals surface area contributed by atoms with E-state index < -0.39 is 9.84 Å². The maximum absolute atomic E-state index is 13.4. The lowest BCUT2D eigenvalue weighted by molar-refractivity contribution is 0.0562. The lowest BCUT2D eigenvalue weighted by Crippen LogP contribution is -2.46. The van der Waals surface area contributed by atoms with Gasteiger partial charge in [-0.15, -0.1) is 0 Å². The fourth-order valence-corrected chi connectivity index (χ4v) is 7.81. The summed E-state index contributed by atoms with van der Waals surface area (Å²) in [7, 11) is -3.70. The smallest absolute Gasteiger partial charge is 0.274 e. The van der Waals surface area contributed by atoms with Gasteiger partial charge in [0, 0.05) is 59.0 Å². The van der Waals surface area contributed by atoms with E-state index in [2.05, 4.69) is 15.2 Å². The van der Waals surface area contributed by atoms with Crippen LogP contribution in [0, 0.1) is 6.92 Å². The third kappa shape index (κ3) is 4.35. The number of nitrogen functional groups attached to an aromatic ring is 1. The van der Waals surface area contributed by atoms with E-state index in [1.54, 1.807) is 22.9 Å². The van der Waals surface area contributed by atoms with Crippen LogP contribution in [-0.2, 0) is 9.84 Å². The number of rotatable bonds is 5. The Hall–Kier alpha value is -4.51. The van der Waals surface area contributed by atoms with Crippen molar-refractivity contribution in [3.8, 4) is 22.4 Å². The SMILES string of the molecule is Cc1cc(C(=O)N2[C@@H]3CC[C@H]2CC(c2nc4c(-c5ccc(-c6ccccc6)nc5)ccn4c(N)c2S(C)(=O)=O)C3)n[nH]1. The molecule has 2 fully saturated rings. The lowest BCUT2D eigenvalue weighted by Gasteiger charge is -2.39. The molecule has 1 amide bonds. The second kappa shape index (κ2) is 9.80. The van der Waals surface area contributed by atoms with Crippen molar-refractivity contribution < 1.29 is 13.2 Å². The van der Waals surface area contributed by atoms with Crippen LogP contribution in [0.15, 0.2) is 71.9 Å². The maximum Gasteiger partial charge on any atom is 0.274 e. The van der Waals surface area contributed by atoms with Crippen molar-refractivity contribution in [2.75, 3.05) is 12.0 Å². The van der Waals surface area contributed by atoms with E-state index in [-0.39, 0.29) is 34.6 Å². The molecule has 5 aromatic rings. The number of piperidine rings is 1. The fourth-order valence-electron chi connectivity index (χ4n) is 6.74. The summed E-state index contributed by atoms with van der Waals surface area (Å²) < 4.78 is 27.9. The van der Waals surface area contributed by atoms with Gasteiger partial charge in [-0.25, -0.2) is 13.4 Å². The molecule has 0 radical (unpaired) electrons. The average molecular weight is 582 g/mol. The average Bonchev–Trinajstić information content (AvgIpc) is 3.68. The first-order valence-corrected chi connectivity index (χ1v) is 15.9. The molecule has 0 saturated carbocycles. The monoisotopic (exact) mass is 581 g/mol. The summed E-state index contributed by atoms with van der Waals surface area (Å²) in [6.45, 7) is 1.87. The summed E-state index contributed by atoms with van der Waals surface area (Å²) in [5.74, 6) is -0.0989.